The first kappa shape index (κ1) is 15.5. The van der Waals surface area contributed by atoms with Crippen LogP contribution in [0, 0.1) is 0 Å². The van der Waals surface area contributed by atoms with Gasteiger partial charge in [0, 0.05) is 25.3 Å². The molecule has 0 atom stereocenters. The molecule has 7 heteroatoms. The molecule has 1 saturated heterocycles. The summed E-state index contributed by atoms with van der Waals surface area (Å²) in [5, 5.41) is 0. The standard InChI is InChI=1S/C19H20N6O/c1-2-6-16-14(4-1)5-3-7-25(16)18-17-15(21-13-22-18)12-20-19(23-17)24-8-10-26-11-9-24/h1-2,4,6,12-13H,3,5,7-11H2. The molecule has 5 rings (SSSR count). The van der Waals surface area contributed by atoms with Gasteiger partial charge in [0.2, 0.25) is 5.95 Å². The number of hydrogen-bond donors (Lipinski definition) is 0. The van der Waals surface area contributed by atoms with E-state index in [1.807, 2.05) is 0 Å². The zero-order valence-electron chi connectivity index (χ0n) is 14.5. The van der Waals surface area contributed by atoms with Gasteiger partial charge in [-0.2, -0.15) is 0 Å². The number of fused-ring (bicyclic) bond motifs is 2. The average Bonchev–Trinajstić information content (AvgIpc) is 2.73. The molecule has 1 aromatic carbocycles. The van der Waals surface area contributed by atoms with Crippen LogP contribution >= 0.6 is 0 Å². The van der Waals surface area contributed by atoms with Gasteiger partial charge in [-0.1, -0.05) is 18.2 Å². The normalized spacial score (nSPS) is 17.4. The van der Waals surface area contributed by atoms with Crippen molar-refractivity contribution in [1.29, 1.82) is 0 Å². The highest BCUT2D eigenvalue weighted by molar-refractivity contribution is 5.88. The average molecular weight is 348 g/mol. The molecule has 2 aliphatic rings. The Morgan fingerprint density at radius 1 is 0.962 bits per heavy atom. The lowest BCUT2D eigenvalue weighted by molar-refractivity contribution is 0.122. The molecule has 132 valence electrons. The molecule has 0 N–H and O–H groups in total. The number of aryl methyl sites for hydroxylation is 1. The van der Waals surface area contributed by atoms with Gasteiger partial charge in [0.1, 0.15) is 17.4 Å². The number of morpholine rings is 1. The molecule has 0 saturated carbocycles. The third-order valence-corrected chi connectivity index (χ3v) is 5.01. The van der Waals surface area contributed by atoms with Crippen LogP contribution in [0.4, 0.5) is 17.5 Å². The summed E-state index contributed by atoms with van der Waals surface area (Å²) in [7, 11) is 0. The molecule has 2 aromatic heterocycles. The highest BCUT2D eigenvalue weighted by Gasteiger charge is 2.23. The molecular formula is C19H20N6O. The van der Waals surface area contributed by atoms with Crippen molar-refractivity contribution in [2.24, 2.45) is 0 Å². The summed E-state index contributed by atoms with van der Waals surface area (Å²) >= 11 is 0. The van der Waals surface area contributed by atoms with E-state index in [4.69, 9.17) is 9.72 Å². The topological polar surface area (TPSA) is 67.3 Å². The van der Waals surface area contributed by atoms with Crippen molar-refractivity contribution in [2.75, 3.05) is 42.6 Å². The van der Waals surface area contributed by atoms with Crippen LogP contribution in [-0.2, 0) is 11.2 Å². The van der Waals surface area contributed by atoms with Gasteiger partial charge in [-0.05, 0) is 24.5 Å². The van der Waals surface area contributed by atoms with Gasteiger partial charge >= 0.3 is 0 Å². The molecule has 26 heavy (non-hydrogen) atoms. The second-order valence-corrected chi connectivity index (χ2v) is 6.58. The van der Waals surface area contributed by atoms with E-state index in [9.17, 15) is 0 Å². The minimum absolute atomic E-state index is 0.707. The minimum atomic E-state index is 0.707. The van der Waals surface area contributed by atoms with Crippen LogP contribution < -0.4 is 9.80 Å². The van der Waals surface area contributed by atoms with Crippen molar-refractivity contribution in [2.45, 2.75) is 12.8 Å². The van der Waals surface area contributed by atoms with E-state index in [1.54, 1.807) is 12.5 Å². The lowest BCUT2D eigenvalue weighted by atomic mass is 10.0. The smallest absolute Gasteiger partial charge is 0.226 e. The van der Waals surface area contributed by atoms with Crippen molar-refractivity contribution < 1.29 is 4.74 Å². The Morgan fingerprint density at radius 3 is 2.77 bits per heavy atom. The van der Waals surface area contributed by atoms with Crippen LogP contribution in [0.5, 0.6) is 0 Å². The molecule has 7 nitrogen and oxygen atoms in total. The second-order valence-electron chi connectivity index (χ2n) is 6.58. The first-order chi connectivity index (χ1) is 12.9. The number of rotatable bonds is 2. The number of para-hydroxylation sites is 1. The Hall–Kier alpha value is -2.80. The maximum absolute atomic E-state index is 5.44. The van der Waals surface area contributed by atoms with Crippen molar-refractivity contribution in [3.05, 3.63) is 42.4 Å². The number of benzene rings is 1. The largest absolute Gasteiger partial charge is 0.378 e. The zero-order valence-corrected chi connectivity index (χ0v) is 14.5. The van der Waals surface area contributed by atoms with E-state index in [0.717, 1.165) is 55.3 Å². The van der Waals surface area contributed by atoms with Crippen molar-refractivity contribution in [3.8, 4) is 0 Å². The molecular weight excluding hydrogens is 328 g/mol. The van der Waals surface area contributed by atoms with Crippen molar-refractivity contribution in [3.63, 3.8) is 0 Å². The molecule has 4 heterocycles. The molecule has 0 radical (unpaired) electrons. The minimum Gasteiger partial charge on any atom is -0.378 e. The summed E-state index contributed by atoms with van der Waals surface area (Å²) in [4.78, 5) is 22.7. The summed E-state index contributed by atoms with van der Waals surface area (Å²) < 4.78 is 5.44. The summed E-state index contributed by atoms with van der Waals surface area (Å²) in [6.45, 7) is 3.96. The monoisotopic (exact) mass is 348 g/mol. The highest BCUT2D eigenvalue weighted by atomic mass is 16.5. The molecule has 0 spiro atoms. The molecule has 0 amide bonds. The van der Waals surface area contributed by atoms with Crippen molar-refractivity contribution >= 4 is 28.5 Å². The SMILES string of the molecule is c1ccc2c(c1)CCCN2c1ncnc2cnc(N3CCOCC3)nc12. The maximum atomic E-state index is 5.44. The van der Waals surface area contributed by atoms with Crippen molar-refractivity contribution in [1.82, 2.24) is 19.9 Å². The predicted molar refractivity (Wildman–Crippen MR) is 99.9 cm³/mol. The van der Waals surface area contributed by atoms with Crippen LogP contribution in [0.1, 0.15) is 12.0 Å². The first-order valence-corrected chi connectivity index (χ1v) is 9.06. The lowest BCUT2D eigenvalue weighted by Gasteiger charge is -2.31. The zero-order chi connectivity index (χ0) is 17.3. The van der Waals surface area contributed by atoms with Crippen LogP contribution in [0.15, 0.2) is 36.8 Å². The summed E-state index contributed by atoms with van der Waals surface area (Å²) in [5.74, 6) is 1.58. The number of ether oxygens (including phenoxy) is 1. The summed E-state index contributed by atoms with van der Waals surface area (Å²) in [6, 6.07) is 8.53. The van der Waals surface area contributed by atoms with Gasteiger partial charge in [-0.25, -0.2) is 19.9 Å². The summed E-state index contributed by atoms with van der Waals surface area (Å²) in [5.41, 5.74) is 4.15. The van der Waals surface area contributed by atoms with E-state index in [1.165, 1.54) is 11.3 Å². The van der Waals surface area contributed by atoms with E-state index in [-0.39, 0.29) is 0 Å². The fraction of sp³-hybridized carbons (Fsp3) is 0.368. The Morgan fingerprint density at radius 2 is 1.85 bits per heavy atom. The predicted octanol–water partition coefficient (Wildman–Crippen LogP) is 2.34. The Labute approximate surface area is 151 Å². The van der Waals surface area contributed by atoms with Crippen LogP contribution in [0.2, 0.25) is 0 Å². The van der Waals surface area contributed by atoms with Gasteiger partial charge in [-0.15, -0.1) is 0 Å². The third-order valence-electron chi connectivity index (χ3n) is 5.01. The number of aromatic nitrogens is 4. The van der Waals surface area contributed by atoms with E-state index in [2.05, 4.69) is 49.0 Å². The summed E-state index contributed by atoms with van der Waals surface area (Å²) in [6.07, 6.45) is 5.61. The first-order valence-electron chi connectivity index (χ1n) is 9.06. The lowest BCUT2D eigenvalue weighted by Crippen LogP contribution is -2.37. The van der Waals surface area contributed by atoms with Gasteiger partial charge in [0.05, 0.1) is 19.4 Å². The maximum Gasteiger partial charge on any atom is 0.226 e. The van der Waals surface area contributed by atoms with E-state index in [0.29, 0.717) is 13.2 Å². The fourth-order valence-electron chi connectivity index (χ4n) is 3.70. The van der Waals surface area contributed by atoms with Gasteiger partial charge in [0.25, 0.3) is 0 Å². The van der Waals surface area contributed by atoms with Crippen LogP contribution in [0.3, 0.4) is 0 Å². The van der Waals surface area contributed by atoms with E-state index < -0.39 is 0 Å². The second kappa shape index (κ2) is 6.49. The number of nitrogens with zero attached hydrogens (tertiary/aromatic N) is 6. The van der Waals surface area contributed by atoms with Gasteiger partial charge in [0.15, 0.2) is 5.82 Å². The Bertz CT molecular complexity index is 940. The molecule has 2 aliphatic heterocycles. The number of hydrogen-bond acceptors (Lipinski definition) is 7. The quantitative estimate of drug-likeness (QED) is 0.704. The molecule has 0 unspecified atom stereocenters. The van der Waals surface area contributed by atoms with Gasteiger partial charge in [-0.3, -0.25) is 0 Å². The van der Waals surface area contributed by atoms with Crippen LogP contribution in [-0.4, -0.2) is 52.8 Å². The van der Waals surface area contributed by atoms with E-state index >= 15 is 0 Å². The number of anilines is 3. The highest BCUT2D eigenvalue weighted by Crippen LogP contribution is 2.34. The molecule has 1 fully saturated rings. The Kier molecular flexibility index (Phi) is 3.86. The van der Waals surface area contributed by atoms with Crippen LogP contribution in [0.25, 0.3) is 11.0 Å². The Balaban J connectivity index is 1.62. The third kappa shape index (κ3) is 2.64. The molecule has 3 aromatic rings. The fourth-order valence-corrected chi connectivity index (χ4v) is 3.70. The van der Waals surface area contributed by atoms with Gasteiger partial charge < -0.3 is 14.5 Å². The molecule has 0 bridgehead atoms. The molecule has 0 aliphatic carbocycles.